The summed E-state index contributed by atoms with van der Waals surface area (Å²) in [6, 6.07) is 10.6. The molecular weight excluding hydrogens is 260 g/mol. The highest BCUT2D eigenvalue weighted by atomic mass is 16.7. The molecule has 2 heteroatoms. The lowest BCUT2D eigenvalue weighted by atomic mass is 9.87. The fourth-order valence-electron chi connectivity index (χ4n) is 3.14. The van der Waals surface area contributed by atoms with Crippen LogP contribution in [0.25, 0.3) is 0 Å². The SMILES string of the molecule is CCCC[C@@H]1C[C@@](C)(c2ccccc2)O[C@H](CCCC)O1. The molecule has 2 nitrogen and oxygen atoms in total. The maximum atomic E-state index is 6.35. The second kappa shape index (κ2) is 7.95. The van der Waals surface area contributed by atoms with E-state index in [0.29, 0.717) is 6.10 Å². The van der Waals surface area contributed by atoms with E-state index < -0.39 is 0 Å². The predicted molar refractivity (Wildman–Crippen MR) is 87.2 cm³/mol. The van der Waals surface area contributed by atoms with E-state index in [0.717, 1.165) is 25.7 Å². The first kappa shape index (κ1) is 16.5. The quantitative estimate of drug-likeness (QED) is 0.668. The van der Waals surface area contributed by atoms with E-state index in [-0.39, 0.29) is 11.9 Å². The van der Waals surface area contributed by atoms with Crippen molar-refractivity contribution < 1.29 is 9.47 Å². The van der Waals surface area contributed by atoms with Crippen molar-refractivity contribution in [2.24, 2.45) is 0 Å². The Kier molecular flexibility index (Phi) is 6.25. The summed E-state index contributed by atoms with van der Waals surface area (Å²) in [6.45, 7) is 6.68. The van der Waals surface area contributed by atoms with Gasteiger partial charge in [0, 0.05) is 6.42 Å². The van der Waals surface area contributed by atoms with Crippen molar-refractivity contribution in [3.63, 3.8) is 0 Å². The van der Waals surface area contributed by atoms with Crippen LogP contribution in [0.1, 0.15) is 71.3 Å². The summed E-state index contributed by atoms with van der Waals surface area (Å²) in [5.41, 5.74) is 1.06. The zero-order valence-electron chi connectivity index (χ0n) is 13.8. The number of unbranched alkanes of at least 4 members (excludes halogenated alkanes) is 2. The molecule has 1 aromatic carbocycles. The summed E-state index contributed by atoms with van der Waals surface area (Å²) in [7, 11) is 0. The highest BCUT2D eigenvalue weighted by Gasteiger charge is 2.39. The van der Waals surface area contributed by atoms with E-state index in [1.54, 1.807) is 0 Å². The van der Waals surface area contributed by atoms with Crippen molar-refractivity contribution in [2.45, 2.75) is 83.7 Å². The van der Waals surface area contributed by atoms with E-state index in [1.165, 1.54) is 24.8 Å². The summed E-state index contributed by atoms with van der Waals surface area (Å²) in [6.07, 6.45) is 8.18. The van der Waals surface area contributed by atoms with Crippen LogP contribution in [0.2, 0.25) is 0 Å². The minimum absolute atomic E-state index is 0.0502. The Bertz CT molecular complexity index is 385. The third-order valence-electron chi connectivity index (χ3n) is 4.41. The Morgan fingerprint density at radius 3 is 2.38 bits per heavy atom. The van der Waals surface area contributed by atoms with Crippen LogP contribution < -0.4 is 0 Å². The minimum Gasteiger partial charge on any atom is -0.349 e. The van der Waals surface area contributed by atoms with Crippen LogP contribution in [0, 0.1) is 0 Å². The molecule has 3 atom stereocenters. The monoisotopic (exact) mass is 290 g/mol. The van der Waals surface area contributed by atoms with Gasteiger partial charge < -0.3 is 9.47 Å². The number of rotatable bonds is 7. The van der Waals surface area contributed by atoms with Gasteiger partial charge in [-0.1, -0.05) is 63.4 Å². The van der Waals surface area contributed by atoms with E-state index in [9.17, 15) is 0 Å². The van der Waals surface area contributed by atoms with Crippen LogP contribution in [0.3, 0.4) is 0 Å². The van der Waals surface area contributed by atoms with Gasteiger partial charge in [-0.25, -0.2) is 0 Å². The molecule has 21 heavy (non-hydrogen) atoms. The van der Waals surface area contributed by atoms with Crippen LogP contribution in [-0.4, -0.2) is 12.4 Å². The molecule has 0 aliphatic carbocycles. The first-order chi connectivity index (χ1) is 10.2. The average molecular weight is 290 g/mol. The summed E-state index contributed by atoms with van der Waals surface area (Å²) >= 11 is 0. The lowest BCUT2D eigenvalue weighted by molar-refractivity contribution is -0.285. The van der Waals surface area contributed by atoms with Crippen molar-refractivity contribution in [1.82, 2.24) is 0 Å². The van der Waals surface area contributed by atoms with Gasteiger partial charge in [-0.3, -0.25) is 0 Å². The van der Waals surface area contributed by atoms with Crippen molar-refractivity contribution >= 4 is 0 Å². The topological polar surface area (TPSA) is 18.5 Å². The molecule has 0 bridgehead atoms. The van der Waals surface area contributed by atoms with Gasteiger partial charge in [-0.2, -0.15) is 0 Å². The van der Waals surface area contributed by atoms with Gasteiger partial charge in [0.25, 0.3) is 0 Å². The third-order valence-corrected chi connectivity index (χ3v) is 4.41. The van der Waals surface area contributed by atoms with Crippen LogP contribution in [0.15, 0.2) is 30.3 Å². The Balaban J connectivity index is 2.11. The fraction of sp³-hybridized carbons (Fsp3) is 0.684. The van der Waals surface area contributed by atoms with Crippen LogP contribution in [-0.2, 0) is 15.1 Å². The zero-order valence-corrected chi connectivity index (χ0v) is 13.8. The molecule has 1 aliphatic heterocycles. The Morgan fingerprint density at radius 1 is 1.05 bits per heavy atom. The third kappa shape index (κ3) is 4.55. The number of benzene rings is 1. The highest BCUT2D eigenvalue weighted by molar-refractivity contribution is 5.22. The maximum absolute atomic E-state index is 6.35. The molecule has 1 aromatic rings. The second-order valence-electron chi connectivity index (χ2n) is 6.39. The Morgan fingerprint density at radius 2 is 1.71 bits per heavy atom. The van der Waals surface area contributed by atoms with Crippen LogP contribution in [0.4, 0.5) is 0 Å². The van der Waals surface area contributed by atoms with Crippen LogP contribution >= 0.6 is 0 Å². The van der Waals surface area contributed by atoms with Crippen molar-refractivity contribution in [3.05, 3.63) is 35.9 Å². The van der Waals surface area contributed by atoms with E-state index in [1.807, 2.05) is 0 Å². The molecule has 0 saturated carbocycles. The van der Waals surface area contributed by atoms with Gasteiger partial charge >= 0.3 is 0 Å². The molecule has 1 heterocycles. The molecular formula is C19H30O2. The van der Waals surface area contributed by atoms with Crippen LogP contribution in [0.5, 0.6) is 0 Å². The Labute approximate surface area is 129 Å². The van der Waals surface area contributed by atoms with E-state index in [4.69, 9.17) is 9.47 Å². The standard InChI is InChI=1S/C19H30O2/c1-4-6-13-17-15-19(3,16-11-9-8-10-12-16)21-18(20-17)14-7-5-2/h8-12,17-18H,4-7,13-15H2,1-3H3/t17-,18-,19+/m1/s1. The lowest BCUT2D eigenvalue weighted by Gasteiger charge is -2.43. The molecule has 0 N–H and O–H groups in total. The molecule has 1 saturated heterocycles. The molecule has 0 unspecified atom stereocenters. The van der Waals surface area contributed by atoms with Gasteiger partial charge in [0.05, 0.1) is 11.7 Å². The molecule has 0 radical (unpaired) electrons. The zero-order chi connectivity index (χ0) is 15.1. The van der Waals surface area contributed by atoms with Gasteiger partial charge in [-0.15, -0.1) is 0 Å². The molecule has 2 rings (SSSR count). The summed E-state index contributed by atoms with van der Waals surface area (Å²) in [5.74, 6) is 0. The summed E-state index contributed by atoms with van der Waals surface area (Å²) in [4.78, 5) is 0. The molecule has 118 valence electrons. The maximum Gasteiger partial charge on any atom is 0.159 e. The first-order valence-corrected chi connectivity index (χ1v) is 8.56. The summed E-state index contributed by atoms with van der Waals surface area (Å²) in [5, 5.41) is 0. The largest absolute Gasteiger partial charge is 0.349 e. The molecule has 0 aromatic heterocycles. The Hall–Kier alpha value is -0.860. The van der Waals surface area contributed by atoms with E-state index in [2.05, 4.69) is 51.1 Å². The summed E-state index contributed by atoms with van der Waals surface area (Å²) < 4.78 is 12.5. The predicted octanol–water partition coefficient (Wildman–Crippen LogP) is 5.41. The highest BCUT2D eigenvalue weighted by Crippen LogP contribution is 2.39. The fourth-order valence-corrected chi connectivity index (χ4v) is 3.14. The minimum atomic E-state index is -0.212. The number of ether oxygens (including phenoxy) is 2. The normalized spacial score (nSPS) is 29.5. The molecule has 1 fully saturated rings. The first-order valence-electron chi connectivity index (χ1n) is 8.56. The average Bonchev–Trinajstić information content (AvgIpc) is 2.51. The number of hydrogen-bond donors (Lipinski definition) is 0. The smallest absolute Gasteiger partial charge is 0.159 e. The lowest BCUT2D eigenvalue weighted by Crippen LogP contribution is -2.44. The van der Waals surface area contributed by atoms with Gasteiger partial charge in [0.2, 0.25) is 0 Å². The molecule has 0 spiro atoms. The molecule has 0 amide bonds. The van der Waals surface area contributed by atoms with Crippen molar-refractivity contribution in [1.29, 1.82) is 0 Å². The second-order valence-corrected chi connectivity index (χ2v) is 6.39. The van der Waals surface area contributed by atoms with Gasteiger partial charge in [0.1, 0.15) is 0 Å². The van der Waals surface area contributed by atoms with Gasteiger partial charge in [-0.05, 0) is 31.7 Å². The van der Waals surface area contributed by atoms with E-state index >= 15 is 0 Å². The molecule has 1 aliphatic rings. The van der Waals surface area contributed by atoms with Crippen molar-refractivity contribution in [3.8, 4) is 0 Å². The number of hydrogen-bond acceptors (Lipinski definition) is 2. The van der Waals surface area contributed by atoms with Crippen molar-refractivity contribution in [2.75, 3.05) is 0 Å². The van der Waals surface area contributed by atoms with Gasteiger partial charge in [0.15, 0.2) is 6.29 Å².